The van der Waals surface area contributed by atoms with Crippen molar-refractivity contribution in [1.82, 2.24) is 10.2 Å². The average Bonchev–Trinajstić information content (AvgIpc) is 2.08. The van der Waals surface area contributed by atoms with Crippen molar-refractivity contribution in [3.63, 3.8) is 0 Å². The van der Waals surface area contributed by atoms with Gasteiger partial charge in [0, 0.05) is 13.5 Å². The Morgan fingerprint density at radius 2 is 2.29 bits per heavy atom. The number of hydrogen-bond acceptors (Lipinski definition) is 3. The van der Waals surface area contributed by atoms with E-state index >= 15 is 0 Å². The number of carbonyl (C=O) groups excluding carboxylic acids is 2. The number of amides is 2. The van der Waals surface area contributed by atoms with Gasteiger partial charge in [-0.1, -0.05) is 0 Å². The van der Waals surface area contributed by atoms with E-state index in [0.717, 1.165) is 0 Å². The molecule has 78 valence electrons. The van der Waals surface area contributed by atoms with Gasteiger partial charge in [-0.25, -0.2) is 0 Å². The second-order valence-corrected chi connectivity index (χ2v) is 3.25. The van der Waals surface area contributed by atoms with Crippen molar-refractivity contribution in [2.45, 2.75) is 18.9 Å². The molecule has 0 bridgehead atoms. The highest BCUT2D eigenvalue weighted by atomic mass is 16.4. The fraction of sp³-hybridized carbons (Fsp3) is 0.625. The number of hydrogen-bond donors (Lipinski definition) is 2. The Morgan fingerprint density at radius 1 is 1.64 bits per heavy atom. The zero-order valence-electron chi connectivity index (χ0n) is 7.82. The lowest BCUT2D eigenvalue weighted by molar-refractivity contribution is -0.144. The maximum Gasteiger partial charge on any atom is 0.303 e. The summed E-state index contributed by atoms with van der Waals surface area (Å²) in [5.41, 5.74) is 0. The van der Waals surface area contributed by atoms with Crippen molar-refractivity contribution in [3.8, 4) is 0 Å². The fourth-order valence-corrected chi connectivity index (χ4v) is 1.32. The van der Waals surface area contributed by atoms with Crippen molar-refractivity contribution in [1.29, 1.82) is 0 Å². The van der Waals surface area contributed by atoms with Crippen LogP contribution in [-0.4, -0.2) is 47.4 Å². The topological polar surface area (TPSA) is 86.7 Å². The molecule has 2 amide bonds. The standard InChI is InChI=1S/C8H12N2O4/c1-10-4-6(11)9-5(8(10)14)2-3-7(12)13/h5H,2-4H2,1H3,(H,9,11)(H,12,13). The van der Waals surface area contributed by atoms with Gasteiger partial charge in [-0.15, -0.1) is 0 Å². The second-order valence-electron chi connectivity index (χ2n) is 3.25. The molecule has 0 saturated carbocycles. The Kier molecular flexibility index (Phi) is 3.06. The second kappa shape index (κ2) is 4.08. The lowest BCUT2D eigenvalue weighted by atomic mass is 10.1. The monoisotopic (exact) mass is 200 g/mol. The maximum absolute atomic E-state index is 11.4. The van der Waals surface area contributed by atoms with Gasteiger partial charge in [-0.05, 0) is 6.42 Å². The zero-order valence-corrected chi connectivity index (χ0v) is 7.82. The van der Waals surface area contributed by atoms with Crippen LogP contribution in [0.2, 0.25) is 0 Å². The van der Waals surface area contributed by atoms with Crippen molar-refractivity contribution in [2.75, 3.05) is 13.6 Å². The molecule has 1 heterocycles. The number of rotatable bonds is 3. The van der Waals surface area contributed by atoms with Crippen LogP contribution in [0.4, 0.5) is 0 Å². The molecule has 1 fully saturated rings. The highest BCUT2D eigenvalue weighted by molar-refractivity contribution is 5.94. The SMILES string of the molecule is CN1CC(=O)NC(CCC(=O)O)C1=O. The predicted octanol–water partition coefficient (Wildman–Crippen LogP) is -1.19. The van der Waals surface area contributed by atoms with E-state index in [1.807, 2.05) is 0 Å². The van der Waals surface area contributed by atoms with Gasteiger partial charge in [0.2, 0.25) is 11.8 Å². The fourth-order valence-electron chi connectivity index (χ4n) is 1.32. The molecule has 1 unspecified atom stereocenters. The minimum Gasteiger partial charge on any atom is -0.481 e. The van der Waals surface area contributed by atoms with Crippen LogP contribution < -0.4 is 5.32 Å². The van der Waals surface area contributed by atoms with Crippen molar-refractivity contribution in [2.24, 2.45) is 0 Å². The van der Waals surface area contributed by atoms with Gasteiger partial charge >= 0.3 is 5.97 Å². The normalized spacial score (nSPS) is 22.1. The van der Waals surface area contributed by atoms with Crippen molar-refractivity contribution in [3.05, 3.63) is 0 Å². The summed E-state index contributed by atoms with van der Waals surface area (Å²) in [6.07, 6.45) is 0.0226. The predicted molar refractivity (Wildman–Crippen MR) is 46.4 cm³/mol. The van der Waals surface area contributed by atoms with Crippen LogP contribution in [0.25, 0.3) is 0 Å². The number of carboxylic acid groups (broad SMARTS) is 1. The number of piperazine rings is 1. The minimum absolute atomic E-state index is 0.0441. The van der Waals surface area contributed by atoms with Gasteiger partial charge < -0.3 is 15.3 Å². The molecule has 14 heavy (non-hydrogen) atoms. The molecule has 1 aliphatic heterocycles. The van der Waals surface area contributed by atoms with Crippen LogP contribution in [0.5, 0.6) is 0 Å². The van der Waals surface area contributed by atoms with E-state index < -0.39 is 12.0 Å². The molecular formula is C8H12N2O4. The third-order valence-corrected chi connectivity index (χ3v) is 2.04. The van der Waals surface area contributed by atoms with Gasteiger partial charge in [-0.3, -0.25) is 14.4 Å². The largest absolute Gasteiger partial charge is 0.481 e. The van der Waals surface area contributed by atoms with Crippen LogP contribution >= 0.6 is 0 Å². The van der Waals surface area contributed by atoms with E-state index in [2.05, 4.69) is 5.32 Å². The molecular weight excluding hydrogens is 188 g/mol. The van der Waals surface area contributed by atoms with Gasteiger partial charge in [0.15, 0.2) is 0 Å². The first kappa shape index (κ1) is 10.5. The molecule has 1 aliphatic rings. The molecule has 6 nitrogen and oxygen atoms in total. The molecule has 2 N–H and O–H groups in total. The highest BCUT2D eigenvalue weighted by Crippen LogP contribution is 2.05. The molecule has 0 aromatic rings. The summed E-state index contributed by atoms with van der Waals surface area (Å²) in [5, 5.41) is 10.9. The van der Waals surface area contributed by atoms with Gasteiger partial charge in [-0.2, -0.15) is 0 Å². The smallest absolute Gasteiger partial charge is 0.303 e. The maximum atomic E-state index is 11.4. The molecule has 0 aromatic heterocycles. The van der Waals surface area contributed by atoms with E-state index in [-0.39, 0.29) is 31.2 Å². The molecule has 1 rings (SSSR count). The molecule has 1 saturated heterocycles. The molecule has 6 heteroatoms. The summed E-state index contributed by atoms with van der Waals surface area (Å²) in [7, 11) is 1.52. The summed E-state index contributed by atoms with van der Waals surface area (Å²) in [6, 6.07) is -0.683. The Labute approximate surface area is 80.9 Å². The van der Waals surface area contributed by atoms with E-state index in [1.54, 1.807) is 0 Å². The summed E-state index contributed by atoms with van der Waals surface area (Å²) < 4.78 is 0. The van der Waals surface area contributed by atoms with Crippen LogP contribution in [0.3, 0.4) is 0 Å². The molecule has 0 radical (unpaired) electrons. The summed E-state index contributed by atoms with van der Waals surface area (Å²) in [4.78, 5) is 34.0. The first-order valence-corrected chi connectivity index (χ1v) is 4.27. The van der Waals surface area contributed by atoms with E-state index in [0.29, 0.717) is 0 Å². The number of nitrogens with one attached hydrogen (secondary N) is 1. The lowest BCUT2D eigenvalue weighted by Crippen LogP contribution is -2.56. The summed E-state index contributed by atoms with van der Waals surface area (Å²) >= 11 is 0. The van der Waals surface area contributed by atoms with Gasteiger partial charge in [0.05, 0.1) is 6.54 Å². The Balaban J connectivity index is 2.53. The molecule has 0 aromatic carbocycles. The van der Waals surface area contributed by atoms with E-state index in [1.165, 1.54) is 11.9 Å². The zero-order chi connectivity index (χ0) is 10.7. The number of carbonyl (C=O) groups is 3. The summed E-state index contributed by atoms with van der Waals surface area (Å²) in [6.45, 7) is 0.0441. The van der Waals surface area contributed by atoms with Crippen molar-refractivity contribution < 1.29 is 19.5 Å². The average molecular weight is 200 g/mol. The highest BCUT2D eigenvalue weighted by Gasteiger charge is 2.30. The Hall–Kier alpha value is -1.59. The first-order valence-electron chi connectivity index (χ1n) is 4.27. The third-order valence-electron chi connectivity index (χ3n) is 2.04. The first-order chi connectivity index (χ1) is 6.50. The lowest BCUT2D eigenvalue weighted by Gasteiger charge is -2.29. The molecule has 1 atom stereocenters. The van der Waals surface area contributed by atoms with Gasteiger partial charge in [0.1, 0.15) is 6.04 Å². The quantitative estimate of drug-likeness (QED) is 0.599. The number of carboxylic acids is 1. The number of nitrogens with zero attached hydrogens (tertiary/aromatic N) is 1. The van der Waals surface area contributed by atoms with Crippen LogP contribution in [0.1, 0.15) is 12.8 Å². The van der Waals surface area contributed by atoms with Crippen LogP contribution in [-0.2, 0) is 14.4 Å². The Morgan fingerprint density at radius 3 is 2.86 bits per heavy atom. The minimum atomic E-state index is -0.972. The Bertz CT molecular complexity index is 277. The van der Waals surface area contributed by atoms with Crippen LogP contribution in [0.15, 0.2) is 0 Å². The van der Waals surface area contributed by atoms with E-state index in [4.69, 9.17) is 5.11 Å². The number of likely N-dealkylation sites (N-methyl/N-ethyl adjacent to an activating group) is 1. The van der Waals surface area contributed by atoms with Gasteiger partial charge in [0.25, 0.3) is 0 Å². The molecule has 0 aliphatic carbocycles. The van der Waals surface area contributed by atoms with E-state index in [9.17, 15) is 14.4 Å². The third kappa shape index (κ3) is 2.45. The molecule has 0 spiro atoms. The summed E-state index contributed by atoms with van der Waals surface area (Å²) in [5.74, 6) is -1.45. The van der Waals surface area contributed by atoms with Crippen molar-refractivity contribution >= 4 is 17.8 Å². The number of aliphatic carboxylic acids is 1. The van der Waals surface area contributed by atoms with Crippen LogP contribution in [0, 0.1) is 0 Å².